The molecular formula is C15H14F2N2O. The van der Waals surface area contributed by atoms with Gasteiger partial charge in [0.2, 0.25) is 5.91 Å². The summed E-state index contributed by atoms with van der Waals surface area (Å²) in [4.78, 5) is 11.5. The van der Waals surface area contributed by atoms with Gasteiger partial charge in [-0.15, -0.1) is 0 Å². The van der Waals surface area contributed by atoms with Crippen molar-refractivity contribution in [2.45, 2.75) is 13.0 Å². The Kier molecular flexibility index (Phi) is 3.98. The van der Waals surface area contributed by atoms with Gasteiger partial charge < -0.3 is 11.1 Å². The van der Waals surface area contributed by atoms with E-state index in [1.165, 1.54) is 30.3 Å². The lowest BCUT2D eigenvalue weighted by molar-refractivity contribution is -0.118. The molecule has 0 radical (unpaired) electrons. The summed E-state index contributed by atoms with van der Waals surface area (Å²) in [7, 11) is 0. The quantitative estimate of drug-likeness (QED) is 0.902. The highest BCUT2D eigenvalue weighted by molar-refractivity contribution is 5.84. The van der Waals surface area contributed by atoms with Crippen LogP contribution in [-0.4, -0.2) is 5.91 Å². The molecule has 5 heteroatoms. The first-order valence-electron chi connectivity index (χ1n) is 6.05. The zero-order valence-electron chi connectivity index (χ0n) is 10.9. The molecule has 0 aliphatic heterocycles. The number of carbonyl (C=O) groups is 1. The Morgan fingerprint density at radius 2 is 1.80 bits per heavy atom. The molecule has 0 saturated carbocycles. The molecule has 0 bridgehead atoms. The lowest BCUT2D eigenvalue weighted by Gasteiger charge is -2.17. The Morgan fingerprint density at radius 3 is 2.35 bits per heavy atom. The highest BCUT2D eigenvalue weighted by atomic mass is 19.1. The van der Waals surface area contributed by atoms with E-state index in [-0.39, 0.29) is 5.82 Å². The van der Waals surface area contributed by atoms with Crippen LogP contribution in [0.1, 0.15) is 17.2 Å². The summed E-state index contributed by atoms with van der Waals surface area (Å²) in [5.41, 5.74) is 6.79. The summed E-state index contributed by atoms with van der Waals surface area (Å²) in [6.45, 7) is 1.64. The lowest BCUT2D eigenvalue weighted by atomic mass is 10.1. The summed E-state index contributed by atoms with van der Waals surface area (Å²) in [5.74, 6) is -1.41. The molecule has 1 amide bonds. The van der Waals surface area contributed by atoms with Crippen molar-refractivity contribution in [3.8, 4) is 0 Å². The van der Waals surface area contributed by atoms with E-state index in [0.717, 1.165) is 0 Å². The normalized spacial score (nSPS) is 11.9. The van der Waals surface area contributed by atoms with Crippen molar-refractivity contribution in [3.05, 3.63) is 65.2 Å². The minimum absolute atomic E-state index is 0.377. The molecule has 104 valence electrons. The van der Waals surface area contributed by atoms with Gasteiger partial charge in [-0.1, -0.05) is 18.2 Å². The number of rotatable bonds is 4. The molecule has 1 atom stereocenters. The molecule has 1 unspecified atom stereocenters. The monoisotopic (exact) mass is 276 g/mol. The van der Waals surface area contributed by atoms with Gasteiger partial charge >= 0.3 is 0 Å². The fourth-order valence-corrected chi connectivity index (χ4v) is 1.82. The molecule has 20 heavy (non-hydrogen) atoms. The Balaban J connectivity index is 2.27. The van der Waals surface area contributed by atoms with E-state index >= 15 is 0 Å². The Morgan fingerprint density at radius 1 is 1.15 bits per heavy atom. The maximum atomic E-state index is 13.5. The third-order valence-electron chi connectivity index (χ3n) is 2.97. The molecule has 2 aromatic rings. The summed E-state index contributed by atoms with van der Waals surface area (Å²) >= 11 is 0. The number of amides is 1. The smallest absolute Gasteiger partial charge is 0.244 e. The van der Waals surface area contributed by atoms with Gasteiger partial charge in [-0.2, -0.15) is 0 Å². The van der Waals surface area contributed by atoms with E-state index in [9.17, 15) is 13.6 Å². The second kappa shape index (κ2) is 5.69. The van der Waals surface area contributed by atoms with Gasteiger partial charge in [0.25, 0.3) is 0 Å². The van der Waals surface area contributed by atoms with Gasteiger partial charge in [0.1, 0.15) is 17.7 Å². The molecular weight excluding hydrogens is 262 g/mol. The zero-order chi connectivity index (χ0) is 14.7. The first kappa shape index (κ1) is 14.0. The van der Waals surface area contributed by atoms with Crippen LogP contribution in [0.3, 0.4) is 0 Å². The van der Waals surface area contributed by atoms with Crippen LogP contribution in [0, 0.1) is 18.6 Å². The number of benzene rings is 2. The van der Waals surface area contributed by atoms with Crippen LogP contribution >= 0.6 is 0 Å². The van der Waals surface area contributed by atoms with Crippen LogP contribution in [0.25, 0.3) is 0 Å². The Hall–Kier alpha value is -2.43. The number of anilines is 1. The molecule has 0 spiro atoms. The number of aryl methyl sites for hydroxylation is 1. The standard InChI is InChI=1S/C15H14F2N2O/c1-9-2-7-12(8-13(9)17)19-14(15(18)20)10-3-5-11(16)6-4-10/h2-8,14,19H,1H3,(H2,18,20). The molecule has 3 N–H and O–H groups in total. The third kappa shape index (κ3) is 3.12. The second-order valence-electron chi connectivity index (χ2n) is 4.50. The lowest BCUT2D eigenvalue weighted by Crippen LogP contribution is -2.27. The topological polar surface area (TPSA) is 55.1 Å². The van der Waals surface area contributed by atoms with Crippen molar-refractivity contribution in [3.63, 3.8) is 0 Å². The van der Waals surface area contributed by atoms with Crippen molar-refractivity contribution in [2.75, 3.05) is 5.32 Å². The first-order chi connectivity index (χ1) is 9.47. The number of hydrogen-bond donors (Lipinski definition) is 2. The van der Waals surface area contributed by atoms with Crippen molar-refractivity contribution in [2.24, 2.45) is 5.73 Å². The van der Waals surface area contributed by atoms with Crippen molar-refractivity contribution in [1.29, 1.82) is 0 Å². The summed E-state index contributed by atoms with van der Waals surface area (Å²) in [6, 6.07) is 9.08. The first-order valence-corrected chi connectivity index (χ1v) is 6.05. The molecule has 0 saturated heterocycles. The molecule has 2 rings (SSSR count). The van der Waals surface area contributed by atoms with E-state index in [4.69, 9.17) is 5.73 Å². The maximum Gasteiger partial charge on any atom is 0.244 e. The molecule has 0 heterocycles. The van der Waals surface area contributed by atoms with Gasteiger partial charge in [0.05, 0.1) is 0 Å². The minimum atomic E-state index is -0.849. The Bertz CT molecular complexity index is 626. The summed E-state index contributed by atoms with van der Waals surface area (Å²) < 4.78 is 26.4. The van der Waals surface area contributed by atoms with Crippen LogP contribution in [0.15, 0.2) is 42.5 Å². The maximum absolute atomic E-state index is 13.5. The SMILES string of the molecule is Cc1ccc(NC(C(N)=O)c2ccc(F)cc2)cc1F. The van der Waals surface area contributed by atoms with E-state index < -0.39 is 17.8 Å². The van der Waals surface area contributed by atoms with Crippen molar-refractivity contribution in [1.82, 2.24) is 0 Å². The van der Waals surface area contributed by atoms with Gasteiger partial charge in [-0.3, -0.25) is 4.79 Å². The number of primary amides is 1. The largest absolute Gasteiger partial charge is 0.370 e. The van der Waals surface area contributed by atoms with E-state index in [2.05, 4.69) is 5.32 Å². The van der Waals surface area contributed by atoms with Crippen molar-refractivity contribution < 1.29 is 13.6 Å². The predicted octanol–water partition coefficient (Wildman–Crippen LogP) is 2.91. The molecule has 3 nitrogen and oxygen atoms in total. The van der Waals surface area contributed by atoms with Crippen LogP contribution < -0.4 is 11.1 Å². The molecule has 0 fully saturated rings. The van der Waals surface area contributed by atoms with Gasteiger partial charge in [0, 0.05) is 5.69 Å². The van der Waals surface area contributed by atoms with E-state index in [0.29, 0.717) is 16.8 Å². The fraction of sp³-hybridized carbons (Fsp3) is 0.133. The van der Waals surface area contributed by atoms with Crippen LogP contribution in [-0.2, 0) is 4.79 Å². The highest BCUT2D eigenvalue weighted by Crippen LogP contribution is 2.21. The van der Waals surface area contributed by atoms with Crippen LogP contribution in [0.5, 0.6) is 0 Å². The number of carbonyl (C=O) groups excluding carboxylic acids is 1. The molecule has 2 aromatic carbocycles. The van der Waals surface area contributed by atoms with Gasteiger partial charge in [0.15, 0.2) is 0 Å². The summed E-state index contributed by atoms with van der Waals surface area (Å²) in [6.07, 6.45) is 0. The highest BCUT2D eigenvalue weighted by Gasteiger charge is 2.18. The average Bonchev–Trinajstić information content (AvgIpc) is 2.41. The Labute approximate surface area is 115 Å². The van der Waals surface area contributed by atoms with Crippen LogP contribution in [0.2, 0.25) is 0 Å². The van der Waals surface area contributed by atoms with Gasteiger partial charge in [-0.05, 0) is 42.3 Å². The number of halogens is 2. The van der Waals surface area contributed by atoms with Gasteiger partial charge in [-0.25, -0.2) is 8.78 Å². The van der Waals surface area contributed by atoms with Crippen molar-refractivity contribution >= 4 is 11.6 Å². The zero-order valence-corrected chi connectivity index (χ0v) is 10.9. The predicted molar refractivity (Wildman–Crippen MR) is 73.1 cm³/mol. The minimum Gasteiger partial charge on any atom is -0.370 e. The average molecular weight is 276 g/mol. The van der Waals surface area contributed by atoms with E-state index in [1.54, 1.807) is 19.1 Å². The molecule has 0 aliphatic rings. The molecule has 0 aromatic heterocycles. The fourth-order valence-electron chi connectivity index (χ4n) is 1.82. The van der Waals surface area contributed by atoms with Crippen LogP contribution in [0.4, 0.5) is 14.5 Å². The summed E-state index contributed by atoms with van der Waals surface area (Å²) in [5, 5.41) is 2.85. The number of nitrogens with two attached hydrogens (primary N) is 1. The second-order valence-corrected chi connectivity index (χ2v) is 4.50. The molecule has 0 aliphatic carbocycles. The van der Waals surface area contributed by atoms with E-state index in [1.807, 2.05) is 0 Å². The number of nitrogens with one attached hydrogen (secondary N) is 1. The number of hydrogen-bond acceptors (Lipinski definition) is 2. The third-order valence-corrected chi connectivity index (χ3v) is 2.97.